The van der Waals surface area contributed by atoms with E-state index in [4.69, 9.17) is 22.5 Å². The van der Waals surface area contributed by atoms with Crippen LogP contribution in [0.15, 0.2) is 63.6 Å². The van der Waals surface area contributed by atoms with Crippen LogP contribution in [0.5, 0.6) is 0 Å². The first-order chi connectivity index (χ1) is 10.2. The fraction of sp³-hybridized carbons (Fsp3) is 0. The molecule has 0 radical (unpaired) electrons. The first kappa shape index (κ1) is 13.9. The third kappa shape index (κ3) is 2.70. The number of nitrogens with two attached hydrogens (primary N) is 1. The van der Waals surface area contributed by atoms with Crippen molar-refractivity contribution in [3.8, 4) is 0 Å². The second kappa shape index (κ2) is 5.71. The van der Waals surface area contributed by atoms with E-state index in [1.165, 1.54) is 11.8 Å². The van der Waals surface area contributed by atoms with Gasteiger partial charge >= 0.3 is 0 Å². The fourth-order valence-corrected chi connectivity index (χ4v) is 3.48. The van der Waals surface area contributed by atoms with Gasteiger partial charge in [-0.1, -0.05) is 52.8 Å². The van der Waals surface area contributed by atoms with Crippen molar-refractivity contribution in [1.29, 1.82) is 0 Å². The normalized spacial score (nSPS) is 12.0. The average Bonchev–Trinajstić information content (AvgIpc) is 2.89. The number of hydrogen-bond acceptors (Lipinski definition) is 3. The van der Waals surface area contributed by atoms with E-state index in [-0.39, 0.29) is 5.84 Å². The lowest BCUT2D eigenvalue weighted by Gasteiger charge is -2.08. The molecule has 4 nitrogen and oxygen atoms in total. The molecule has 0 saturated heterocycles. The highest BCUT2D eigenvalue weighted by Gasteiger charge is 2.13. The molecular formula is C15H12ClN3OS. The number of rotatable bonds is 3. The molecule has 0 saturated carbocycles. The Hall–Kier alpha value is -2.11. The highest BCUT2D eigenvalue weighted by Crippen LogP contribution is 2.34. The van der Waals surface area contributed by atoms with Gasteiger partial charge in [-0.25, -0.2) is 0 Å². The molecule has 0 amide bonds. The average molecular weight is 318 g/mol. The van der Waals surface area contributed by atoms with Crippen LogP contribution < -0.4 is 5.73 Å². The maximum atomic E-state index is 8.90. The molecule has 0 unspecified atom stereocenters. The topological polar surface area (TPSA) is 74.4 Å². The van der Waals surface area contributed by atoms with Gasteiger partial charge in [-0.15, -0.1) is 0 Å². The van der Waals surface area contributed by atoms with E-state index in [9.17, 15) is 0 Å². The number of aromatic nitrogens is 1. The van der Waals surface area contributed by atoms with Crippen LogP contribution in [0.4, 0.5) is 0 Å². The molecule has 0 atom stereocenters. The van der Waals surface area contributed by atoms with E-state index in [1.54, 1.807) is 6.07 Å². The standard InChI is InChI=1S/C15H12ClN3OS/c16-10-5-3-7-12(14(10)15(17)19-20)21-13-8-9-4-1-2-6-11(9)18-13/h1-8,18,20H,(H2,17,19). The molecule has 0 aliphatic heterocycles. The van der Waals surface area contributed by atoms with Gasteiger partial charge in [-0.2, -0.15) is 0 Å². The van der Waals surface area contributed by atoms with Crippen molar-refractivity contribution >= 4 is 40.1 Å². The Kier molecular flexibility index (Phi) is 3.77. The molecule has 1 heterocycles. The highest BCUT2D eigenvalue weighted by atomic mass is 35.5. The molecule has 6 heteroatoms. The Morgan fingerprint density at radius 3 is 2.76 bits per heavy atom. The third-order valence-corrected chi connectivity index (χ3v) is 4.38. The number of aromatic amines is 1. The summed E-state index contributed by atoms with van der Waals surface area (Å²) >= 11 is 7.64. The van der Waals surface area contributed by atoms with Gasteiger partial charge in [-0.05, 0) is 24.3 Å². The summed E-state index contributed by atoms with van der Waals surface area (Å²) in [5.74, 6) is -0.000730. The summed E-state index contributed by atoms with van der Waals surface area (Å²) in [4.78, 5) is 4.15. The van der Waals surface area contributed by atoms with Crippen LogP contribution in [0.3, 0.4) is 0 Å². The molecular weight excluding hydrogens is 306 g/mol. The molecule has 21 heavy (non-hydrogen) atoms. The van der Waals surface area contributed by atoms with Gasteiger partial charge in [0.15, 0.2) is 5.84 Å². The van der Waals surface area contributed by atoms with Crippen molar-refractivity contribution in [2.75, 3.05) is 0 Å². The minimum Gasteiger partial charge on any atom is -0.409 e. The number of para-hydroxylation sites is 1. The van der Waals surface area contributed by atoms with Crippen LogP contribution in [0.1, 0.15) is 5.56 Å². The summed E-state index contributed by atoms with van der Waals surface area (Å²) in [6, 6.07) is 15.5. The lowest BCUT2D eigenvalue weighted by Crippen LogP contribution is -2.14. The molecule has 0 aliphatic rings. The predicted molar refractivity (Wildman–Crippen MR) is 86.4 cm³/mol. The Bertz CT molecular complexity index is 796. The van der Waals surface area contributed by atoms with Crippen LogP contribution in [0, 0.1) is 0 Å². The van der Waals surface area contributed by atoms with Gasteiger partial charge in [0.1, 0.15) is 0 Å². The van der Waals surface area contributed by atoms with Crippen LogP contribution >= 0.6 is 23.4 Å². The number of amidine groups is 1. The van der Waals surface area contributed by atoms with E-state index in [2.05, 4.69) is 16.2 Å². The molecule has 0 spiro atoms. The summed E-state index contributed by atoms with van der Waals surface area (Å²) in [5.41, 5.74) is 7.31. The quantitative estimate of drug-likeness (QED) is 0.295. The minimum atomic E-state index is -0.000730. The number of halogens is 1. The molecule has 0 aliphatic carbocycles. The molecule has 3 rings (SSSR count). The lowest BCUT2D eigenvalue weighted by molar-refractivity contribution is 0.318. The summed E-state index contributed by atoms with van der Waals surface area (Å²) in [7, 11) is 0. The van der Waals surface area contributed by atoms with E-state index in [1.807, 2.05) is 36.4 Å². The van der Waals surface area contributed by atoms with Crippen molar-refractivity contribution in [2.45, 2.75) is 9.92 Å². The summed E-state index contributed by atoms with van der Waals surface area (Å²) < 4.78 is 0. The number of H-pyrrole nitrogens is 1. The Balaban J connectivity index is 2.03. The number of nitrogens with zero attached hydrogens (tertiary/aromatic N) is 1. The third-order valence-electron chi connectivity index (χ3n) is 3.06. The molecule has 106 valence electrons. The van der Waals surface area contributed by atoms with Crippen LogP contribution in [0.2, 0.25) is 5.02 Å². The molecule has 2 aromatic carbocycles. The van der Waals surface area contributed by atoms with E-state index in [0.717, 1.165) is 20.8 Å². The minimum absolute atomic E-state index is 0.000730. The predicted octanol–water partition coefficient (Wildman–Crippen LogP) is 4.07. The SMILES string of the molecule is N/C(=N/O)c1c(Cl)cccc1Sc1cc2ccccc2[nH]1. The van der Waals surface area contributed by atoms with Crippen LogP contribution in [-0.2, 0) is 0 Å². The number of hydrogen-bond donors (Lipinski definition) is 3. The maximum absolute atomic E-state index is 8.90. The molecule has 1 aromatic heterocycles. The van der Waals surface area contributed by atoms with Gasteiger partial charge < -0.3 is 15.9 Å². The van der Waals surface area contributed by atoms with Crippen molar-refractivity contribution < 1.29 is 5.21 Å². The molecule has 3 aromatic rings. The maximum Gasteiger partial charge on any atom is 0.172 e. The zero-order valence-corrected chi connectivity index (χ0v) is 12.4. The van der Waals surface area contributed by atoms with E-state index >= 15 is 0 Å². The summed E-state index contributed by atoms with van der Waals surface area (Å²) in [5, 5.41) is 14.5. The summed E-state index contributed by atoms with van der Waals surface area (Å²) in [6.07, 6.45) is 0. The number of benzene rings is 2. The van der Waals surface area contributed by atoms with Crippen LogP contribution in [-0.4, -0.2) is 16.0 Å². The second-order valence-corrected chi connectivity index (χ2v) is 5.91. The zero-order chi connectivity index (χ0) is 14.8. The van der Waals surface area contributed by atoms with E-state index < -0.39 is 0 Å². The monoisotopic (exact) mass is 317 g/mol. The van der Waals surface area contributed by atoms with Gasteiger partial charge in [0.25, 0.3) is 0 Å². The fourth-order valence-electron chi connectivity index (χ4n) is 2.11. The van der Waals surface area contributed by atoms with Gasteiger partial charge in [0.2, 0.25) is 0 Å². The number of oxime groups is 1. The Morgan fingerprint density at radius 2 is 2.00 bits per heavy atom. The van der Waals surface area contributed by atoms with Crippen molar-refractivity contribution in [2.24, 2.45) is 10.9 Å². The highest BCUT2D eigenvalue weighted by molar-refractivity contribution is 7.99. The molecule has 0 bridgehead atoms. The number of fused-ring (bicyclic) bond motifs is 1. The van der Waals surface area contributed by atoms with Crippen molar-refractivity contribution in [3.05, 3.63) is 59.1 Å². The largest absolute Gasteiger partial charge is 0.409 e. The van der Waals surface area contributed by atoms with Gasteiger partial charge in [0, 0.05) is 15.8 Å². The zero-order valence-electron chi connectivity index (χ0n) is 10.9. The summed E-state index contributed by atoms with van der Waals surface area (Å²) in [6.45, 7) is 0. The van der Waals surface area contributed by atoms with Crippen molar-refractivity contribution in [1.82, 2.24) is 4.98 Å². The van der Waals surface area contributed by atoms with Crippen molar-refractivity contribution in [3.63, 3.8) is 0 Å². The van der Waals surface area contributed by atoms with Gasteiger partial charge in [0.05, 0.1) is 15.6 Å². The first-order valence-corrected chi connectivity index (χ1v) is 7.40. The Labute approximate surface area is 130 Å². The van der Waals surface area contributed by atoms with Crippen LogP contribution in [0.25, 0.3) is 10.9 Å². The lowest BCUT2D eigenvalue weighted by atomic mass is 10.2. The Morgan fingerprint density at radius 1 is 1.19 bits per heavy atom. The van der Waals surface area contributed by atoms with Gasteiger partial charge in [-0.3, -0.25) is 0 Å². The number of nitrogens with one attached hydrogen (secondary N) is 1. The second-order valence-electron chi connectivity index (χ2n) is 4.42. The smallest absolute Gasteiger partial charge is 0.172 e. The van der Waals surface area contributed by atoms with E-state index in [0.29, 0.717) is 10.6 Å². The molecule has 4 N–H and O–H groups in total. The molecule has 0 fully saturated rings. The first-order valence-electron chi connectivity index (χ1n) is 6.21.